The van der Waals surface area contributed by atoms with Crippen molar-refractivity contribution in [3.05, 3.63) is 63.8 Å². The van der Waals surface area contributed by atoms with Gasteiger partial charge in [0.1, 0.15) is 18.2 Å². The molecule has 3 aromatic rings. The third-order valence-electron chi connectivity index (χ3n) is 6.86. The van der Waals surface area contributed by atoms with Crippen LogP contribution in [0.15, 0.2) is 52.6 Å². The van der Waals surface area contributed by atoms with E-state index in [1.165, 1.54) is 0 Å². The minimum atomic E-state index is -0.478. The Morgan fingerprint density at radius 3 is 2.84 bits per heavy atom. The van der Waals surface area contributed by atoms with Gasteiger partial charge in [-0.1, -0.05) is 22.0 Å². The molecule has 0 saturated carbocycles. The molecule has 1 fully saturated rings. The van der Waals surface area contributed by atoms with Crippen molar-refractivity contribution in [1.29, 1.82) is 5.26 Å². The smallest absolute Gasteiger partial charge is 0.262 e. The molecule has 190 valence electrons. The van der Waals surface area contributed by atoms with Crippen molar-refractivity contribution < 1.29 is 19.1 Å². The molecule has 2 aliphatic rings. The Hall–Kier alpha value is -3.77. The number of benzene rings is 2. The number of aromatic nitrogens is 1. The van der Waals surface area contributed by atoms with Gasteiger partial charge in [0.25, 0.3) is 5.91 Å². The summed E-state index contributed by atoms with van der Waals surface area (Å²) >= 11 is 3.51. The molecule has 1 N–H and O–H groups in total. The van der Waals surface area contributed by atoms with Gasteiger partial charge in [-0.2, -0.15) is 5.26 Å². The molecular weight excluding hydrogens is 536 g/mol. The van der Waals surface area contributed by atoms with E-state index < -0.39 is 5.91 Å². The number of likely N-dealkylation sites (tertiary alicyclic amines) is 1. The number of nitrogens with zero attached hydrogens (tertiary/aromatic N) is 3. The van der Waals surface area contributed by atoms with Crippen molar-refractivity contribution in [1.82, 2.24) is 14.8 Å². The Morgan fingerprint density at radius 2 is 2.03 bits per heavy atom. The van der Waals surface area contributed by atoms with Crippen molar-refractivity contribution in [2.75, 3.05) is 13.3 Å². The fourth-order valence-electron chi connectivity index (χ4n) is 4.88. The second-order valence-electron chi connectivity index (χ2n) is 9.35. The molecule has 0 unspecified atom stereocenters. The number of carbonyl (C=O) groups excluding carboxylic acids is 2. The zero-order chi connectivity index (χ0) is 25.9. The van der Waals surface area contributed by atoms with Crippen LogP contribution in [0.25, 0.3) is 17.0 Å². The first kappa shape index (κ1) is 24.9. The molecule has 37 heavy (non-hydrogen) atoms. The molecule has 1 saturated heterocycles. The summed E-state index contributed by atoms with van der Waals surface area (Å²) in [4.78, 5) is 28.0. The molecule has 9 heteroatoms. The van der Waals surface area contributed by atoms with E-state index in [9.17, 15) is 14.9 Å². The molecule has 0 aliphatic carbocycles. The molecule has 8 nitrogen and oxygen atoms in total. The maximum absolute atomic E-state index is 13.1. The van der Waals surface area contributed by atoms with Crippen molar-refractivity contribution in [2.45, 2.75) is 45.3 Å². The summed E-state index contributed by atoms with van der Waals surface area (Å²) in [6.45, 7) is 3.49. The molecule has 0 spiro atoms. The number of ether oxygens (including phenoxy) is 2. The highest BCUT2D eigenvalue weighted by molar-refractivity contribution is 9.10. The summed E-state index contributed by atoms with van der Waals surface area (Å²) in [5.41, 5.74) is 2.38. The predicted octanol–water partition coefficient (Wildman–Crippen LogP) is 4.76. The summed E-state index contributed by atoms with van der Waals surface area (Å²) in [7, 11) is 0. The van der Waals surface area contributed by atoms with Gasteiger partial charge in [0.05, 0.1) is 0 Å². The average Bonchev–Trinajstić information content (AvgIpc) is 3.49. The molecular formula is C28H27BrN4O4. The number of nitrogens with one attached hydrogen (secondary N) is 1. The topological polar surface area (TPSA) is 96.6 Å². The minimum Gasteiger partial charge on any atom is -0.454 e. The summed E-state index contributed by atoms with van der Waals surface area (Å²) in [5, 5.41) is 13.4. The fourth-order valence-corrected chi connectivity index (χ4v) is 5.24. The van der Waals surface area contributed by atoms with Crippen LogP contribution in [0.3, 0.4) is 0 Å². The highest BCUT2D eigenvalue weighted by atomic mass is 79.9. The Labute approximate surface area is 223 Å². The van der Waals surface area contributed by atoms with Crippen molar-refractivity contribution in [3.63, 3.8) is 0 Å². The third kappa shape index (κ3) is 5.35. The maximum Gasteiger partial charge on any atom is 0.262 e. The van der Waals surface area contributed by atoms with E-state index in [0.29, 0.717) is 17.1 Å². The van der Waals surface area contributed by atoms with Crippen LogP contribution < -0.4 is 14.8 Å². The Morgan fingerprint density at radius 1 is 1.19 bits per heavy atom. The number of hydrogen-bond donors (Lipinski definition) is 1. The second-order valence-corrected chi connectivity index (χ2v) is 10.3. The van der Waals surface area contributed by atoms with Gasteiger partial charge in [-0.05, 0) is 68.2 Å². The third-order valence-corrected chi connectivity index (χ3v) is 7.35. The summed E-state index contributed by atoms with van der Waals surface area (Å²) < 4.78 is 13.5. The van der Waals surface area contributed by atoms with Crippen LogP contribution in [0.1, 0.15) is 37.3 Å². The van der Waals surface area contributed by atoms with E-state index in [-0.39, 0.29) is 37.4 Å². The monoisotopic (exact) mass is 562 g/mol. The van der Waals surface area contributed by atoms with Gasteiger partial charge in [0.2, 0.25) is 12.7 Å². The Bertz CT molecular complexity index is 1440. The van der Waals surface area contributed by atoms with E-state index in [2.05, 4.69) is 28.2 Å². The lowest BCUT2D eigenvalue weighted by Gasteiger charge is -2.33. The first-order valence-corrected chi connectivity index (χ1v) is 13.1. The van der Waals surface area contributed by atoms with Crippen LogP contribution >= 0.6 is 15.9 Å². The molecule has 2 aromatic carbocycles. The largest absolute Gasteiger partial charge is 0.454 e. The number of rotatable bonds is 6. The summed E-state index contributed by atoms with van der Waals surface area (Å²) in [6.07, 6.45) is 6.61. The van der Waals surface area contributed by atoms with Crippen molar-refractivity contribution in [3.8, 4) is 17.6 Å². The van der Waals surface area contributed by atoms with Gasteiger partial charge in [-0.15, -0.1) is 0 Å². The molecule has 1 aromatic heterocycles. The molecule has 2 amide bonds. The van der Waals surface area contributed by atoms with Gasteiger partial charge in [-0.25, -0.2) is 0 Å². The van der Waals surface area contributed by atoms with Crippen LogP contribution in [0.2, 0.25) is 0 Å². The SMILES string of the molecule is C[C@H]1CCCCN1C(=O)Cn1cc(/C=C(\C#N)C(=O)NCc2ccc3c(c2)OCO3)c2cc(Br)ccc21. The summed E-state index contributed by atoms with van der Waals surface area (Å²) in [5.74, 6) is 0.900. The number of nitriles is 1. The van der Waals surface area contributed by atoms with E-state index >= 15 is 0 Å². The zero-order valence-electron chi connectivity index (χ0n) is 20.5. The number of amides is 2. The first-order chi connectivity index (χ1) is 17.9. The summed E-state index contributed by atoms with van der Waals surface area (Å²) in [6, 6.07) is 13.5. The normalized spacial score (nSPS) is 17.1. The van der Waals surface area contributed by atoms with Crippen LogP contribution in [0, 0.1) is 11.3 Å². The quantitative estimate of drug-likeness (QED) is 0.345. The number of fused-ring (bicyclic) bond motifs is 2. The van der Waals surface area contributed by atoms with Crippen LogP contribution in [0.5, 0.6) is 11.5 Å². The van der Waals surface area contributed by atoms with Gasteiger partial charge in [-0.3, -0.25) is 9.59 Å². The van der Waals surface area contributed by atoms with Gasteiger partial charge in [0, 0.05) is 46.3 Å². The lowest BCUT2D eigenvalue weighted by atomic mass is 10.0. The Balaban J connectivity index is 1.37. The second kappa shape index (κ2) is 10.7. The Kier molecular flexibility index (Phi) is 7.19. The zero-order valence-corrected chi connectivity index (χ0v) is 22.1. The van der Waals surface area contributed by atoms with Crippen LogP contribution in [-0.2, 0) is 22.7 Å². The maximum atomic E-state index is 13.1. The van der Waals surface area contributed by atoms with E-state index in [4.69, 9.17) is 9.47 Å². The van der Waals surface area contributed by atoms with E-state index in [1.54, 1.807) is 12.1 Å². The molecule has 1 atom stereocenters. The van der Waals surface area contributed by atoms with Crippen molar-refractivity contribution >= 4 is 44.7 Å². The highest BCUT2D eigenvalue weighted by Crippen LogP contribution is 2.32. The molecule has 5 rings (SSSR count). The van der Waals surface area contributed by atoms with Gasteiger partial charge in [0.15, 0.2) is 11.5 Å². The highest BCUT2D eigenvalue weighted by Gasteiger charge is 2.24. The minimum absolute atomic E-state index is 0.0178. The standard InChI is InChI=1S/C28H27BrN4O4/c1-18-4-2-3-9-33(18)27(34)16-32-15-21(23-12-22(29)6-7-24(23)32)11-20(13-30)28(35)31-14-19-5-8-25-26(10-19)37-17-36-25/h5-8,10-12,15,18H,2-4,9,14,16-17H2,1H3,(H,31,35)/b20-11+/t18-/m0/s1. The molecule has 0 radical (unpaired) electrons. The average molecular weight is 563 g/mol. The lowest BCUT2D eigenvalue weighted by molar-refractivity contribution is -0.135. The first-order valence-electron chi connectivity index (χ1n) is 12.3. The van der Waals surface area contributed by atoms with E-state index in [0.717, 1.165) is 46.7 Å². The molecule has 3 heterocycles. The number of piperidine rings is 1. The number of halogens is 1. The van der Waals surface area contributed by atoms with E-state index in [1.807, 2.05) is 52.1 Å². The lowest BCUT2D eigenvalue weighted by Crippen LogP contribution is -2.43. The number of carbonyl (C=O) groups is 2. The molecule has 2 aliphatic heterocycles. The van der Waals surface area contributed by atoms with Gasteiger partial charge >= 0.3 is 0 Å². The molecule has 0 bridgehead atoms. The van der Waals surface area contributed by atoms with Crippen LogP contribution in [-0.4, -0.2) is 40.7 Å². The predicted molar refractivity (Wildman–Crippen MR) is 143 cm³/mol. The van der Waals surface area contributed by atoms with Gasteiger partial charge < -0.3 is 24.3 Å². The fraction of sp³-hybridized carbons (Fsp3) is 0.321. The van der Waals surface area contributed by atoms with Crippen LogP contribution in [0.4, 0.5) is 0 Å². The van der Waals surface area contributed by atoms with Crippen molar-refractivity contribution in [2.24, 2.45) is 0 Å². The number of hydrogen-bond acceptors (Lipinski definition) is 5.